The predicted molar refractivity (Wildman–Crippen MR) is 79.5 cm³/mol. The van der Waals surface area contributed by atoms with Crippen molar-refractivity contribution in [1.82, 2.24) is 9.78 Å². The van der Waals surface area contributed by atoms with Crippen molar-refractivity contribution < 1.29 is 4.79 Å². The topological polar surface area (TPSA) is 38.1 Å². The van der Waals surface area contributed by atoms with Gasteiger partial charge in [-0.25, -0.2) is 0 Å². The fourth-order valence-electron chi connectivity index (χ4n) is 2.04. The maximum absolute atomic E-state index is 11.7. The van der Waals surface area contributed by atoms with Crippen LogP contribution < -0.4 is 4.90 Å². The average Bonchev–Trinajstić information content (AvgIpc) is 2.74. The molecule has 0 aliphatic heterocycles. The van der Waals surface area contributed by atoms with Gasteiger partial charge in [-0.3, -0.25) is 9.48 Å². The zero-order valence-corrected chi connectivity index (χ0v) is 12.8. The van der Waals surface area contributed by atoms with E-state index in [-0.39, 0.29) is 5.78 Å². The number of nitrogens with zero attached hydrogens (tertiary/aromatic N) is 3. The van der Waals surface area contributed by atoms with Gasteiger partial charge in [-0.05, 0) is 25.1 Å². The molecule has 1 aromatic heterocycles. The molecular formula is C14H16BrN3O. The number of Topliss-reactive ketones (excluding diaryl/α,β-unsaturated/α-hetero) is 1. The number of rotatable bonds is 4. The molecule has 0 aliphatic carbocycles. The Morgan fingerprint density at radius 2 is 2.21 bits per heavy atom. The Labute approximate surface area is 121 Å². The molecule has 0 unspecified atom stereocenters. The lowest BCUT2D eigenvalue weighted by molar-refractivity contribution is 0.101. The Morgan fingerprint density at radius 1 is 1.47 bits per heavy atom. The van der Waals surface area contributed by atoms with Crippen LogP contribution in [0.1, 0.15) is 22.8 Å². The quantitative estimate of drug-likeness (QED) is 0.812. The van der Waals surface area contributed by atoms with Gasteiger partial charge in [0.25, 0.3) is 0 Å². The van der Waals surface area contributed by atoms with E-state index in [0.717, 1.165) is 27.8 Å². The van der Waals surface area contributed by atoms with E-state index in [0.29, 0.717) is 0 Å². The van der Waals surface area contributed by atoms with Crippen LogP contribution in [0, 0.1) is 0 Å². The summed E-state index contributed by atoms with van der Waals surface area (Å²) in [7, 11) is 3.87. The van der Waals surface area contributed by atoms with E-state index in [4.69, 9.17) is 0 Å². The number of hydrogen-bond donors (Lipinski definition) is 0. The molecule has 0 radical (unpaired) electrons. The van der Waals surface area contributed by atoms with Crippen LogP contribution in [-0.2, 0) is 13.6 Å². The first kappa shape index (κ1) is 13.8. The van der Waals surface area contributed by atoms with Crippen LogP contribution in [0.4, 0.5) is 5.69 Å². The largest absolute Gasteiger partial charge is 0.370 e. The summed E-state index contributed by atoms with van der Waals surface area (Å²) in [5.74, 6) is 0.0642. The predicted octanol–water partition coefficient (Wildman–Crippen LogP) is 3.02. The van der Waals surface area contributed by atoms with E-state index in [9.17, 15) is 4.79 Å². The van der Waals surface area contributed by atoms with Gasteiger partial charge in [-0.2, -0.15) is 5.10 Å². The number of hydrogen-bond acceptors (Lipinski definition) is 3. The third-order valence-electron chi connectivity index (χ3n) is 2.93. The molecule has 1 aromatic carbocycles. The van der Waals surface area contributed by atoms with Crippen LogP contribution in [0.25, 0.3) is 0 Å². The van der Waals surface area contributed by atoms with E-state index in [2.05, 4.69) is 25.9 Å². The first-order valence-corrected chi connectivity index (χ1v) is 6.76. The molecule has 2 aromatic rings. The molecule has 0 saturated carbocycles. The molecule has 0 saturated heterocycles. The molecule has 0 aliphatic rings. The maximum Gasteiger partial charge on any atom is 0.161 e. The standard InChI is InChI=1S/C14H16BrN3O/c1-10(19)13-6-12(15)4-5-14(13)17(2)8-11-7-16-18(3)9-11/h4-7,9H,8H2,1-3H3. The number of aromatic nitrogens is 2. The smallest absolute Gasteiger partial charge is 0.161 e. The van der Waals surface area contributed by atoms with Crippen molar-refractivity contribution in [2.45, 2.75) is 13.5 Å². The van der Waals surface area contributed by atoms with Crippen molar-refractivity contribution in [3.8, 4) is 0 Å². The molecule has 5 heteroatoms. The molecule has 0 atom stereocenters. The molecule has 100 valence electrons. The van der Waals surface area contributed by atoms with Crippen LogP contribution in [0.5, 0.6) is 0 Å². The zero-order chi connectivity index (χ0) is 14.0. The number of aryl methyl sites for hydroxylation is 1. The number of benzene rings is 1. The van der Waals surface area contributed by atoms with Gasteiger partial charge in [0.1, 0.15) is 0 Å². The van der Waals surface area contributed by atoms with E-state index < -0.39 is 0 Å². The summed E-state index contributed by atoms with van der Waals surface area (Å²) in [5, 5.41) is 4.15. The number of halogens is 1. The van der Waals surface area contributed by atoms with E-state index in [1.165, 1.54) is 0 Å². The summed E-state index contributed by atoms with van der Waals surface area (Å²) >= 11 is 3.40. The van der Waals surface area contributed by atoms with Gasteiger partial charge in [-0.1, -0.05) is 15.9 Å². The highest BCUT2D eigenvalue weighted by Crippen LogP contribution is 2.25. The molecule has 0 fully saturated rings. The molecule has 19 heavy (non-hydrogen) atoms. The van der Waals surface area contributed by atoms with Crippen LogP contribution >= 0.6 is 15.9 Å². The minimum Gasteiger partial charge on any atom is -0.370 e. The Kier molecular flexibility index (Phi) is 4.04. The Morgan fingerprint density at radius 3 is 2.79 bits per heavy atom. The van der Waals surface area contributed by atoms with Crippen LogP contribution in [0.2, 0.25) is 0 Å². The second-order valence-electron chi connectivity index (χ2n) is 4.60. The van der Waals surface area contributed by atoms with Gasteiger partial charge in [0.05, 0.1) is 6.20 Å². The average molecular weight is 322 g/mol. The first-order chi connectivity index (χ1) is 8.97. The van der Waals surface area contributed by atoms with Crippen LogP contribution in [-0.4, -0.2) is 22.6 Å². The lowest BCUT2D eigenvalue weighted by Crippen LogP contribution is -2.18. The summed E-state index contributed by atoms with van der Waals surface area (Å²) in [4.78, 5) is 13.8. The Balaban J connectivity index is 2.28. The number of carbonyl (C=O) groups is 1. The summed E-state index contributed by atoms with van der Waals surface area (Å²) in [5.41, 5.74) is 2.77. The van der Waals surface area contributed by atoms with Crippen LogP contribution in [0.3, 0.4) is 0 Å². The minimum absolute atomic E-state index is 0.0642. The highest BCUT2D eigenvalue weighted by atomic mass is 79.9. The summed E-state index contributed by atoms with van der Waals surface area (Å²) in [6, 6.07) is 5.76. The lowest BCUT2D eigenvalue weighted by atomic mass is 10.1. The van der Waals surface area contributed by atoms with E-state index >= 15 is 0 Å². The number of anilines is 1. The van der Waals surface area contributed by atoms with Gasteiger partial charge < -0.3 is 4.90 Å². The minimum atomic E-state index is 0.0642. The molecular weight excluding hydrogens is 306 g/mol. The summed E-state index contributed by atoms with van der Waals surface area (Å²) in [6.07, 6.45) is 3.81. The highest BCUT2D eigenvalue weighted by Gasteiger charge is 2.12. The van der Waals surface area contributed by atoms with Gasteiger partial charge >= 0.3 is 0 Å². The molecule has 1 heterocycles. The maximum atomic E-state index is 11.7. The van der Waals surface area contributed by atoms with E-state index in [1.54, 1.807) is 11.6 Å². The first-order valence-electron chi connectivity index (χ1n) is 5.96. The fraction of sp³-hybridized carbons (Fsp3) is 0.286. The van der Waals surface area contributed by atoms with Gasteiger partial charge in [0.15, 0.2) is 5.78 Å². The monoisotopic (exact) mass is 321 g/mol. The molecule has 2 rings (SSSR count). The SMILES string of the molecule is CC(=O)c1cc(Br)ccc1N(C)Cc1cnn(C)c1. The second-order valence-corrected chi connectivity index (χ2v) is 5.51. The Hall–Kier alpha value is -1.62. The molecule has 4 nitrogen and oxygen atoms in total. The summed E-state index contributed by atoms with van der Waals surface area (Å²) in [6.45, 7) is 2.30. The third kappa shape index (κ3) is 3.23. The fourth-order valence-corrected chi connectivity index (χ4v) is 2.40. The Bertz CT molecular complexity index is 606. The summed E-state index contributed by atoms with van der Waals surface area (Å²) < 4.78 is 2.69. The van der Waals surface area contributed by atoms with Crippen LogP contribution in [0.15, 0.2) is 35.1 Å². The van der Waals surface area contributed by atoms with Gasteiger partial charge in [0, 0.05) is 48.1 Å². The van der Waals surface area contributed by atoms with Crippen molar-refractivity contribution in [3.05, 3.63) is 46.2 Å². The van der Waals surface area contributed by atoms with Crippen molar-refractivity contribution in [2.75, 3.05) is 11.9 Å². The van der Waals surface area contributed by atoms with Crippen molar-refractivity contribution in [3.63, 3.8) is 0 Å². The van der Waals surface area contributed by atoms with Gasteiger partial charge in [0.2, 0.25) is 0 Å². The van der Waals surface area contributed by atoms with Crippen molar-refractivity contribution in [2.24, 2.45) is 7.05 Å². The molecule has 0 spiro atoms. The molecule has 0 amide bonds. The molecule has 0 bridgehead atoms. The van der Waals surface area contributed by atoms with E-state index in [1.807, 2.05) is 44.7 Å². The number of ketones is 1. The van der Waals surface area contributed by atoms with Crippen molar-refractivity contribution in [1.29, 1.82) is 0 Å². The molecule has 0 N–H and O–H groups in total. The van der Waals surface area contributed by atoms with Gasteiger partial charge in [-0.15, -0.1) is 0 Å². The van der Waals surface area contributed by atoms with Crippen molar-refractivity contribution >= 4 is 27.4 Å². The lowest BCUT2D eigenvalue weighted by Gasteiger charge is -2.21. The number of carbonyl (C=O) groups excluding carboxylic acids is 1. The zero-order valence-electron chi connectivity index (χ0n) is 11.2. The second kappa shape index (κ2) is 5.57. The highest BCUT2D eigenvalue weighted by molar-refractivity contribution is 9.10. The third-order valence-corrected chi connectivity index (χ3v) is 3.42. The normalized spacial score (nSPS) is 10.5.